The van der Waals surface area contributed by atoms with Gasteiger partial charge < -0.3 is 5.73 Å². The third-order valence-electron chi connectivity index (χ3n) is 3.91. The molecule has 0 atom stereocenters. The Balaban J connectivity index is 2.13. The summed E-state index contributed by atoms with van der Waals surface area (Å²) in [5.41, 5.74) is 13.1. The van der Waals surface area contributed by atoms with Crippen molar-refractivity contribution in [3.05, 3.63) is 66.0 Å². The third-order valence-corrected chi connectivity index (χ3v) is 3.91. The first-order valence-corrected chi connectivity index (χ1v) is 7.97. The van der Waals surface area contributed by atoms with E-state index in [1.807, 2.05) is 49.5 Å². The van der Waals surface area contributed by atoms with Crippen molar-refractivity contribution in [1.82, 2.24) is 9.97 Å². The van der Waals surface area contributed by atoms with Crippen LogP contribution in [-0.2, 0) is 6.42 Å². The first-order chi connectivity index (χ1) is 11.2. The molecule has 0 amide bonds. The second-order valence-electron chi connectivity index (χ2n) is 5.73. The van der Waals surface area contributed by atoms with Gasteiger partial charge in [0.1, 0.15) is 0 Å². The summed E-state index contributed by atoms with van der Waals surface area (Å²) in [4.78, 5) is 9.25. The maximum Gasteiger partial charge on any atom is 0.0796 e. The van der Waals surface area contributed by atoms with Gasteiger partial charge in [-0.3, -0.25) is 9.97 Å². The van der Waals surface area contributed by atoms with Gasteiger partial charge in [0.05, 0.1) is 11.4 Å². The van der Waals surface area contributed by atoms with E-state index in [4.69, 9.17) is 5.73 Å². The predicted octanol–water partition coefficient (Wildman–Crippen LogP) is 4.65. The third kappa shape index (κ3) is 3.24. The fourth-order valence-electron chi connectivity index (χ4n) is 2.77. The van der Waals surface area contributed by atoms with Crippen LogP contribution >= 0.6 is 0 Å². The van der Waals surface area contributed by atoms with Gasteiger partial charge in [0.2, 0.25) is 0 Å². The first-order valence-electron chi connectivity index (χ1n) is 7.97. The Labute approximate surface area is 137 Å². The van der Waals surface area contributed by atoms with Gasteiger partial charge in [0, 0.05) is 28.7 Å². The average molecular weight is 303 g/mol. The summed E-state index contributed by atoms with van der Waals surface area (Å²) in [7, 11) is 0. The Morgan fingerprint density at radius 1 is 1.04 bits per heavy atom. The van der Waals surface area contributed by atoms with Crippen LogP contribution in [0.4, 0.5) is 5.69 Å². The average Bonchev–Trinajstić information content (AvgIpc) is 2.57. The molecule has 0 aliphatic carbocycles. The molecule has 3 nitrogen and oxygen atoms in total. The van der Waals surface area contributed by atoms with Crippen molar-refractivity contribution >= 4 is 5.69 Å². The van der Waals surface area contributed by atoms with Gasteiger partial charge in [-0.25, -0.2) is 0 Å². The molecule has 0 bridgehead atoms. The van der Waals surface area contributed by atoms with Crippen LogP contribution in [0.5, 0.6) is 0 Å². The number of pyridine rings is 2. The van der Waals surface area contributed by atoms with Crippen LogP contribution in [0.3, 0.4) is 0 Å². The largest absolute Gasteiger partial charge is 0.399 e. The van der Waals surface area contributed by atoms with E-state index in [1.54, 1.807) is 0 Å². The summed E-state index contributed by atoms with van der Waals surface area (Å²) < 4.78 is 0. The highest BCUT2D eigenvalue weighted by atomic mass is 14.7. The molecule has 0 unspecified atom stereocenters. The van der Waals surface area contributed by atoms with E-state index >= 15 is 0 Å². The number of hydrogen-bond acceptors (Lipinski definition) is 3. The molecule has 0 spiro atoms. The van der Waals surface area contributed by atoms with Crippen molar-refractivity contribution in [2.45, 2.75) is 26.7 Å². The van der Waals surface area contributed by atoms with E-state index in [0.717, 1.165) is 46.7 Å². The molecule has 0 radical (unpaired) electrons. The van der Waals surface area contributed by atoms with Crippen LogP contribution in [0, 0.1) is 6.92 Å². The Morgan fingerprint density at radius 3 is 2.70 bits per heavy atom. The molecule has 0 saturated heterocycles. The minimum Gasteiger partial charge on any atom is -0.399 e. The second-order valence-corrected chi connectivity index (χ2v) is 5.73. The SMILES string of the molecule is CCCc1cc(-c2ncccc2-c2cccc(C)n2)ccc1N. The highest BCUT2D eigenvalue weighted by molar-refractivity contribution is 5.80. The standard InChI is InChI=1S/C20H21N3/c1-3-6-15-13-16(10-11-18(15)21)20-17(8-5-12-22-20)19-9-4-7-14(2)23-19/h4-5,7-13H,3,6,21H2,1-2H3. The summed E-state index contributed by atoms with van der Waals surface area (Å²) in [5, 5.41) is 0. The smallest absolute Gasteiger partial charge is 0.0796 e. The lowest BCUT2D eigenvalue weighted by molar-refractivity contribution is 0.924. The Morgan fingerprint density at radius 2 is 1.91 bits per heavy atom. The summed E-state index contributed by atoms with van der Waals surface area (Å²) in [6.45, 7) is 4.16. The van der Waals surface area contributed by atoms with Crippen LogP contribution < -0.4 is 5.73 Å². The number of nitrogens with two attached hydrogens (primary N) is 1. The van der Waals surface area contributed by atoms with E-state index < -0.39 is 0 Å². The Hall–Kier alpha value is -2.68. The minimum atomic E-state index is 0.849. The molecule has 0 aliphatic heterocycles. The summed E-state index contributed by atoms with van der Waals surface area (Å²) in [5.74, 6) is 0. The maximum atomic E-state index is 6.09. The van der Waals surface area contributed by atoms with Crippen molar-refractivity contribution in [3.63, 3.8) is 0 Å². The van der Waals surface area contributed by atoms with Gasteiger partial charge in [0.15, 0.2) is 0 Å². The number of aryl methyl sites for hydroxylation is 2. The lowest BCUT2D eigenvalue weighted by atomic mass is 9.98. The van der Waals surface area contributed by atoms with E-state index in [-0.39, 0.29) is 0 Å². The zero-order valence-electron chi connectivity index (χ0n) is 13.6. The van der Waals surface area contributed by atoms with Gasteiger partial charge >= 0.3 is 0 Å². The monoisotopic (exact) mass is 303 g/mol. The van der Waals surface area contributed by atoms with E-state index in [2.05, 4.69) is 29.0 Å². The number of hydrogen-bond donors (Lipinski definition) is 1. The molecule has 3 rings (SSSR count). The maximum absolute atomic E-state index is 6.09. The Kier molecular flexibility index (Phi) is 4.38. The molecular formula is C20H21N3. The zero-order valence-corrected chi connectivity index (χ0v) is 13.6. The molecule has 3 heteroatoms. The van der Waals surface area contributed by atoms with Crippen molar-refractivity contribution in [2.75, 3.05) is 5.73 Å². The molecule has 3 aromatic rings. The molecular weight excluding hydrogens is 282 g/mol. The summed E-state index contributed by atoms with van der Waals surface area (Å²) >= 11 is 0. The number of aromatic nitrogens is 2. The highest BCUT2D eigenvalue weighted by Crippen LogP contribution is 2.31. The molecule has 2 heterocycles. The van der Waals surface area contributed by atoms with E-state index in [1.165, 1.54) is 5.56 Å². The number of nitrogens with zero attached hydrogens (tertiary/aromatic N) is 2. The van der Waals surface area contributed by atoms with Gasteiger partial charge in [-0.1, -0.05) is 25.5 Å². The summed E-state index contributed by atoms with van der Waals surface area (Å²) in [6, 6.07) is 16.2. The quantitative estimate of drug-likeness (QED) is 0.713. The number of benzene rings is 1. The lowest BCUT2D eigenvalue weighted by Crippen LogP contribution is -1.97. The Bertz CT molecular complexity index is 825. The van der Waals surface area contributed by atoms with Crippen LogP contribution in [0.25, 0.3) is 22.5 Å². The fraction of sp³-hybridized carbons (Fsp3) is 0.200. The molecule has 2 N–H and O–H groups in total. The fourth-order valence-corrected chi connectivity index (χ4v) is 2.77. The normalized spacial score (nSPS) is 10.7. The number of nitrogen functional groups attached to an aromatic ring is 1. The van der Waals surface area contributed by atoms with Gasteiger partial charge in [-0.15, -0.1) is 0 Å². The van der Waals surface area contributed by atoms with Crippen LogP contribution in [0.2, 0.25) is 0 Å². The van der Waals surface area contributed by atoms with Crippen molar-refractivity contribution in [2.24, 2.45) is 0 Å². The van der Waals surface area contributed by atoms with Crippen molar-refractivity contribution in [3.8, 4) is 22.5 Å². The van der Waals surface area contributed by atoms with Crippen molar-refractivity contribution < 1.29 is 0 Å². The van der Waals surface area contributed by atoms with Crippen LogP contribution in [0.15, 0.2) is 54.7 Å². The molecule has 116 valence electrons. The topological polar surface area (TPSA) is 51.8 Å². The van der Waals surface area contributed by atoms with Gasteiger partial charge in [-0.05, 0) is 55.3 Å². The molecule has 2 aromatic heterocycles. The molecule has 1 aromatic carbocycles. The van der Waals surface area contributed by atoms with Gasteiger partial charge in [-0.2, -0.15) is 0 Å². The first kappa shape index (κ1) is 15.2. The number of anilines is 1. The lowest BCUT2D eigenvalue weighted by Gasteiger charge is -2.11. The van der Waals surface area contributed by atoms with E-state index in [0.29, 0.717) is 0 Å². The van der Waals surface area contributed by atoms with Crippen molar-refractivity contribution in [1.29, 1.82) is 0 Å². The molecule has 23 heavy (non-hydrogen) atoms. The molecule has 0 fully saturated rings. The zero-order chi connectivity index (χ0) is 16.2. The minimum absolute atomic E-state index is 0.849. The summed E-state index contributed by atoms with van der Waals surface area (Å²) in [6.07, 6.45) is 3.87. The molecule has 0 saturated carbocycles. The number of rotatable bonds is 4. The second kappa shape index (κ2) is 6.61. The van der Waals surface area contributed by atoms with E-state index in [9.17, 15) is 0 Å². The van der Waals surface area contributed by atoms with Crippen LogP contribution in [-0.4, -0.2) is 9.97 Å². The van der Waals surface area contributed by atoms with Gasteiger partial charge in [0.25, 0.3) is 0 Å². The highest BCUT2D eigenvalue weighted by Gasteiger charge is 2.11. The predicted molar refractivity (Wildman–Crippen MR) is 96.0 cm³/mol. The van der Waals surface area contributed by atoms with Crippen LogP contribution in [0.1, 0.15) is 24.6 Å². The molecule has 0 aliphatic rings.